The van der Waals surface area contributed by atoms with E-state index in [2.05, 4.69) is 0 Å². The van der Waals surface area contributed by atoms with E-state index in [0.717, 1.165) is 4.90 Å². The lowest BCUT2D eigenvalue weighted by Gasteiger charge is -2.08. The van der Waals surface area contributed by atoms with Crippen LogP contribution in [0.5, 0.6) is 0 Å². The molecule has 0 atom stereocenters. The lowest BCUT2D eigenvalue weighted by Crippen LogP contribution is -2.19. The van der Waals surface area contributed by atoms with Gasteiger partial charge in [0.05, 0.1) is 0 Å². The van der Waals surface area contributed by atoms with Crippen LogP contribution in [-0.2, 0) is 4.79 Å². The number of hydrogen-bond donors (Lipinski definition) is 0. The smallest absolute Gasteiger partial charge is 0.211 e. The minimum atomic E-state index is -0.725. The Morgan fingerprint density at radius 1 is 1.71 bits per heavy atom. The summed E-state index contributed by atoms with van der Waals surface area (Å²) >= 11 is 10.4. The van der Waals surface area contributed by atoms with Crippen molar-refractivity contribution >= 4 is 29.6 Å². The Bertz CT molecular complexity index is 66.0. The summed E-state index contributed by atoms with van der Waals surface area (Å²) in [4.78, 5) is 10.1. The van der Waals surface area contributed by atoms with Crippen LogP contribution in [0.3, 0.4) is 0 Å². The molecule has 4 heteroatoms. The normalized spacial score (nSPS) is 9.14. The molecule has 0 unspecified atom stereocenters. The summed E-state index contributed by atoms with van der Waals surface area (Å²) in [5.74, 6) is 0. The monoisotopic (exact) mass is 141 g/mol. The molecule has 0 aromatic rings. The van der Waals surface area contributed by atoms with E-state index in [9.17, 15) is 4.79 Å². The van der Waals surface area contributed by atoms with Gasteiger partial charge in [-0.3, -0.25) is 4.79 Å². The van der Waals surface area contributed by atoms with E-state index in [1.807, 2.05) is 0 Å². The van der Waals surface area contributed by atoms with Gasteiger partial charge in [0.1, 0.15) is 0 Å². The summed E-state index contributed by atoms with van der Waals surface area (Å²) < 4.78 is 0. The van der Waals surface area contributed by atoms with Crippen LogP contribution in [0.15, 0.2) is 0 Å². The lowest BCUT2D eigenvalue weighted by atomic mass is 11.0. The molecule has 0 spiro atoms. The number of halogens is 2. The van der Waals surface area contributed by atoms with Gasteiger partial charge in [-0.25, -0.2) is 0 Å². The standard InChI is InChI=1S/C3H5Cl2NO/c1-6(2-7)3(4)5/h2-3H,1H3. The highest BCUT2D eigenvalue weighted by Crippen LogP contribution is 2.02. The van der Waals surface area contributed by atoms with E-state index in [-0.39, 0.29) is 0 Å². The lowest BCUT2D eigenvalue weighted by molar-refractivity contribution is -0.116. The summed E-state index contributed by atoms with van der Waals surface area (Å²) in [6, 6.07) is 0. The van der Waals surface area contributed by atoms with Crippen molar-refractivity contribution in [2.45, 2.75) is 4.96 Å². The minimum Gasteiger partial charge on any atom is -0.319 e. The first-order chi connectivity index (χ1) is 3.18. The van der Waals surface area contributed by atoms with Gasteiger partial charge in [-0.1, -0.05) is 23.2 Å². The fraction of sp³-hybridized carbons (Fsp3) is 0.667. The summed E-state index contributed by atoms with van der Waals surface area (Å²) in [6.07, 6.45) is 0.560. The predicted molar refractivity (Wildman–Crippen MR) is 29.3 cm³/mol. The second kappa shape index (κ2) is 3.10. The molecule has 0 radical (unpaired) electrons. The first-order valence-corrected chi connectivity index (χ1v) is 2.51. The molecule has 0 aliphatic rings. The maximum atomic E-state index is 9.70. The first kappa shape index (κ1) is 7.05. The largest absolute Gasteiger partial charge is 0.319 e. The Balaban J connectivity index is 3.33. The third kappa shape index (κ3) is 2.71. The van der Waals surface area contributed by atoms with Crippen LogP contribution in [-0.4, -0.2) is 23.3 Å². The van der Waals surface area contributed by atoms with Crippen molar-refractivity contribution in [3.63, 3.8) is 0 Å². The second-order valence-electron chi connectivity index (χ2n) is 1.05. The predicted octanol–water partition coefficient (Wildman–Crippen LogP) is 0.836. The van der Waals surface area contributed by atoms with E-state index in [0.29, 0.717) is 6.41 Å². The van der Waals surface area contributed by atoms with E-state index in [1.54, 1.807) is 0 Å². The van der Waals surface area contributed by atoms with Crippen LogP contribution in [0.1, 0.15) is 0 Å². The number of amides is 1. The molecule has 1 amide bonds. The van der Waals surface area contributed by atoms with Gasteiger partial charge in [0.25, 0.3) is 0 Å². The van der Waals surface area contributed by atoms with E-state index >= 15 is 0 Å². The average molecular weight is 142 g/mol. The molecule has 0 fully saturated rings. The maximum Gasteiger partial charge on any atom is 0.211 e. The van der Waals surface area contributed by atoms with Crippen LogP contribution in [0.4, 0.5) is 0 Å². The van der Waals surface area contributed by atoms with E-state index < -0.39 is 4.96 Å². The van der Waals surface area contributed by atoms with E-state index in [1.165, 1.54) is 7.05 Å². The minimum absolute atomic E-state index is 0.560. The fourth-order valence-electron chi connectivity index (χ4n) is 0.0460. The Morgan fingerprint density at radius 3 is 2.14 bits per heavy atom. The number of carbonyl (C=O) groups excluding carboxylic acids is 1. The van der Waals surface area contributed by atoms with Gasteiger partial charge in [0.15, 0.2) is 4.96 Å². The SMILES string of the molecule is CN(C=O)C(Cl)Cl. The van der Waals surface area contributed by atoms with Gasteiger partial charge in [0.2, 0.25) is 6.41 Å². The molecule has 7 heavy (non-hydrogen) atoms. The third-order valence-corrected chi connectivity index (χ3v) is 1.09. The molecule has 0 saturated heterocycles. The Labute approximate surface area is 52.0 Å². The van der Waals surface area contributed by atoms with Crippen molar-refractivity contribution in [3.8, 4) is 0 Å². The van der Waals surface area contributed by atoms with Crippen molar-refractivity contribution in [1.29, 1.82) is 0 Å². The first-order valence-electron chi connectivity index (χ1n) is 1.64. The molecule has 0 bridgehead atoms. The van der Waals surface area contributed by atoms with Crippen LogP contribution in [0, 0.1) is 0 Å². The molecule has 0 aliphatic heterocycles. The third-order valence-electron chi connectivity index (χ3n) is 0.474. The highest BCUT2D eigenvalue weighted by atomic mass is 35.5. The molecule has 0 heterocycles. The van der Waals surface area contributed by atoms with Crippen LogP contribution >= 0.6 is 23.2 Å². The van der Waals surface area contributed by atoms with Gasteiger partial charge >= 0.3 is 0 Å². The molecule has 0 aliphatic carbocycles. The van der Waals surface area contributed by atoms with Gasteiger partial charge < -0.3 is 4.90 Å². The van der Waals surface area contributed by atoms with Crippen LogP contribution in [0.25, 0.3) is 0 Å². The summed E-state index contributed by atoms with van der Waals surface area (Å²) in [7, 11) is 1.50. The zero-order valence-electron chi connectivity index (χ0n) is 3.77. The number of hydrogen-bond acceptors (Lipinski definition) is 1. The Hall–Kier alpha value is 0.0500. The van der Waals surface area contributed by atoms with Crippen LogP contribution in [0.2, 0.25) is 0 Å². The summed E-state index contributed by atoms with van der Waals surface area (Å²) in [5, 5.41) is 0. The van der Waals surface area contributed by atoms with Gasteiger partial charge in [-0.05, 0) is 0 Å². The molecule has 0 N–H and O–H groups in total. The van der Waals surface area contributed by atoms with Crippen molar-refractivity contribution in [2.75, 3.05) is 7.05 Å². The van der Waals surface area contributed by atoms with Crippen LogP contribution < -0.4 is 0 Å². The van der Waals surface area contributed by atoms with Crippen molar-refractivity contribution in [2.24, 2.45) is 0 Å². The molecule has 2 nitrogen and oxygen atoms in total. The zero-order chi connectivity index (χ0) is 5.86. The second-order valence-corrected chi connectivity index (χ2v) is 2.10. The Morgan fingerprint density at radius 2 is 2.14 bits per heavy atom. The zero-order valence-corrected chi connectivity index (χ0v) is 5.28. The maximum absolute atomic E-state index is 9.70. The number of alkyl halides is 2. The molecular formula is C3H5Cl2NO. The van der Waals surface area contributed by atoms with Crippen molar-refractivity contribution in [3.05, 3.63) is 0 Å². The highest BCUT2D eigenvalue weighted by Gasteiger charge is 2.00. The summed E-state index contributed by atoms with van der Waals surface area (Å²) in [5.41, 5.74) is 0. The number of nitrogens with zero attached hydrogens (tertiary/aromatic N) is 1. The molecule has 0 aromatic carbocycles. The number of rotatable bonds is 2. The van der Waals surface area contributed by atoms with Crippen molar-refractivity contribution in [1.82, 2.24) is 4.90 Å². The summed E-state index contributed by atoms with van der Waals surface area (Å²) in [6.45, 7) is 0. The van der Waals surface area contributed by atoms with E-state index in [4.69, 9.17) is 23.2 Å². The van der Waals surface area contributed by atoms with Gasteiger partial charge in [-0.15, -0.1) is 0 Å². The average Bonchev–Trinajstić information content (AvgIpc) is 1.65. The van der Waals surface area contributed by atoms with Crippen molar-refractivity contribution < 1.29 is 4.79 Å². The molecule has 0 aromatic heterocycles. The molecule has 0 saturated carbocycles. The Kier molecular flexibility index (Phi) is 3.13. The molecule has 42 valence electrons. The van der Waals surface area contributed by atoms with Gasteiger partial charge in [-0.2, -0.15) is 0 Å². The van der Waals surface area contributed by atoms with Gasteiger partial charge in [0, 0.05) is 7.05 Å². The molecular weight excluding hydrogens is 137 g/mol. The molecule has 0 rings (SSSR count). The fourth-order valence-corrected chi connectivity index (χ4v) is 0.138. The topological polar surface area (TPSA) is 20.3 Å². The number of carbonyl (C=O) groups is 1. The highest BCUT2D eigenvalue weighted by molar-refractivity contribution is 6.44. The quantitative estimate of drug-likeness (QED) is 0.317.